The van der Waals surface area contributed by atoms with Gasteiger partial charge in [-0.1, -0.05) is 6.07 Å². The lowest BCUT2D eigenvalue weighted by molar-refractivity contribution is -0.138. The molecule has 6 heterocycles. The number of likely N-dealkylation sites (tertiary alicyclic amines) is 1. The van der Waals surface area contributed by atoms with E-state index in [4.69, 9.17) is 4.98 Å². The average Bonchev–Trinajstić information content (AvgIpc) is 3.63. The van der Waals surface area contributed by atoms with Gasteiger partial charge in [-0.3, -0.25) is 9.89 Å². The molecule has 1 atom stereocenters. The fraction of sp³-hybridized carbons (Fsp3) is 0.393. The van der Waals surface area contributed by atoms with Crippen molar-refractivity contribution in [1.29, 1.82) is 0 Å². The van der Waals surface area contributed by atoms with E-state index in [9.17, 15) is 9.18 Å². The zero-order chi connectivity index (χ0) is 27.1. The lowest BCUT2D eigenvalue weighted by atomic mass is 9.77. The van der Waals surface area contributed by atoms with Gasteiger partial charge in [0.05, 0.1) is 23.9 Å². The van der Waals surface area contributed by atoms with E-state index in [-0.39, 0.29) is 17.4 Å². The van der Waals surface area contributed by atoms with Crippen molar-refractivity contribution in [3.8, 4) is 5.82 Å². The number of nitrogens with one attached hydrogen (secondary N) is 2. The first-order chi connectivity index (χ1) is 18.8. The molecule has 0 aliphatic carbocycles. The number of H-pyrrole nitrogens is 1. The quantitative estimate of drug-likeness (QED) is 0.380. The highest BCUT2D eigenvalue weighted by Crippen LogP contribution is 2.44. The third-order valence-corrected chi connectivity index (χ3v) is 8.02. The first-order valence-electron chi connectivity index (χ1n) is 13.3. The summed E-state index contributed by atoms with van der Waals surface area (Å²) in [5.74, 6) is 2.76. The molecule has 0 saturated carbocycles. The minimum Gasteiger partial charge on any atom is -0.356 e. The molecular formula is C28H32FN9O. The summed E-state index contributed by atoms with van der Waals surface area (Å²) in [5, 5.41) is 14.4. The van der Waals surface area contributed by atoms with E-state index in [2.05, 4.69) is 43.5 Å². The van der Waals surface area contributed by atoms with E-state index in [0.717, 1.165) is 79.4 Å². The zero-order valence-electron chi connectivity index (χ0n) is 22.4. The maximum atomic E-state index is 13.7. The Balaban J connectivity index is 1.11. The van der Waals surface area contributed by atoms with Gasteiger partial charge in [0.2, 0.25) is 5.91 Å². The third kappa shape index (κ3) is 4.84. The topological polar surface area (TPSA) is 108 Å². The summed E-state index contributed by atoms with van der Waals surface area (Å²) in [7, 11) is 0. The van der Waals surface area contributed by atoms with E-state index in [1.165, 1.54) is 10.9 Å². The van der Waals surface area contributed by atoms with Gasteiger partial charge in [-0.15, -0.1) is 0 Å². The Labute approximate surface area is 226 Å². The van der Waals surface area contributed by atoms with Crippen LogP contribution in [0.15, 0.2) is 48.9 Å². The highest BCUT2D eigenvalue weighted by molar-refractivity contribution is 5.85. The van der Waals surface area contributed by atoms with Crippen LogP contribution >= 0.6 is 0 Å². The lowest BCUT2D eigenvalue weighted by Gasteiger charge is -2.39. The van der Waals surface area contributed by atoms with Crippen molar-refractivity contribution in [3.05, 3.63) is 71.6 Å². The number of aryl methyl sites for hydroxylation is 2. The second-order valence-electron chi connectivity index (χ2n) is 10.7. The molecular weight excluding hydrogens is 497 g/mol. The number of aromatic amines is 1. The molecule has 6 rings (SSSR count). The maximum absolute atomic E-state index is 13.7. The standard InChI is InChI=1S/C28H32FN9O/c1-18-12-23(32-24-14-19(2)34-35-24)33-26(13-18)36-9-6-28(7-10-36)8-11-37(27(28)39)20(3)21-4-5-25(30-15-21)38-17-22(29)16-31-38/h4-5,12-17,20H,6-11H2,1-3H3,(H2,32,33,34,35)/t20-/m0/s1. The van der Waals surface area contributed by atoms with Crippen LogP contribution in [0.1, 0.15) is 49.0 Å². The monoisotopic (exact) mass is 529 g/mol. The van der Waals surface area contributed by atoms with Crippen LogP contribution in [0.3, 0.4) is 0 Å². The third-order valence-electron chi connectivity index (χ3n) is 8.02. The second kappa shape index (κ2) is 9.79. The van der Waals surface area contributed by atoms with Gasteiger partial charge in [-0.2, -0.15) is 10.2 Å². The normalized spacial score (nSPS) is 17.7. The van der Waals surface area contributed by atoms with Crippen LogP contribution in [0.5, 0.6) is 0 Å². The van der Waals surface area contributed by atoms with Crippen LogP contribution in [0.4, 0.5) is 21.8 Å². The van der Waals surface area contributed by atoms with Crippen molar-refractivity contribution < 1.29 is 9.18 Å². The number of aromatic nitrogens is 6. The molecule has 39 heavy (non-hydrogen) atoms. The number of hydrogen-bond acceptors (Lipinski definition) is 7. The molecule has 2 saturated heterocycles. The van der Waals surface area contributed by atoms with Gasteiger partial charge < -0.3 is 15.1 Å². The van der Waals surface area contributed by atoms with Crippen molar-refractivity contribution in [2.45, 2.75) is 46.1 Å². The summed E-state index contributed by atoms with van der Waals surface area (Å²) < 4.78 is 14.7. The van der Waals surface area contributed by atoms with Gasteiger partial charge in [0.25, 0.3) is 0 Å². The minimum absolute atomic E-state index is 0.0939. The fourth-order valence-corrected chi connectivity index (χ4v) is 5.72. The molecule has 1 spiro atoms. The maximum Gasteiger partial charge on any atom is 0.229 e. The number of hydrogen-bond donors (Lipinski definition) is 2. The fourth-order valence-electron chi connectivity index (χ4n) is 5.72. The summed E-state index contributed by atoms with van der Waals surface area (Å²) >= 11 is 0. The minimum atomic E-state index is -0.410. The molecule has 1 amide bonds. The molecule has 2 aliphatic rings. The largest absolute Gasteiger partial charge is 0.356 e. The van der Waals surface area contributed by atoms with Crippen molar-refractivity contribution in [2.24, 2.45) is 5.41 Å². The summed E-state index contributed by atoms with van der Waals surface area (Å²) in [5.41, 5.74) is 2.72. The molecule has 2 fully saturated rings. The Bertz CT molecular complexity index is 1490. The molecule has 11 heteroatoms. The molecule has 4 aromatic heterocycles. The Morgan fingerprint density at radius 1 is 1.03 bits per heavy atom. The van der Waals surface area contributed by atoms with Crippen LogP contribution in [0.25, 0.3) is 5.82 Å². The van der Waals surface area contributed by atoms with Crippen molar-refractivity contribution >= 4 is 23.4 Å². The predicted octanol–water partition coefficient (Wildman–Crippen LogP) is 4.47. The number of anilines is 3. The summed E-state index contributed by atoms with van der Waals surface area (Å²) in [4.78, 5) is 27.3. The molecule has 2 aliphatic heterocycles. The van der Waals surface area contributed by atoms with E-state index < -0.39 is 5.82 Å². The highest BCUT2D eigenvalue weighted by Gasteiger charge is 2.49. The van der Waals surface area contributed by atoms with Crippen LogP contribution in [0, 0.1) is 25.1 Å². The van der Waals surface area contributed by atoms with Gasteiger partial charge >= 0.3 is 0 Å². The number of carbonyl (C=O) groups is 1. The molecule has 2 N–H and O–H groups in total. The molecule has 4 aromatic rings. The number of carbonyl (C=O) groups excluding carboxylic acids is 1. The van der Waals surface area contributed by atoms with Crippen LogP contribution in [-0.2, 0) is 4.79 Å². The summed E-state index contributed by atoms with van der Waals surface area (Å²) in [6.07, 6.45) is 6.64. The van der Waals surface area contributed by atoms with E-state index in [1.807, 2.05) is 36.9 Å². The number of amides is 1. The van der Waals surface area contributed by atoms with E-state index in [1.54, 1.807) is 12.3 Å². The van der Waals surface area contributed by atoms with E-state index in [0.29, 0.717) is 5.82 Å². The van der Waals surface area contributed by atoms with Crippen LogP contribution in [-0.4, -0.2) is 60.4 Å². The Hall–Kier alpha value is -4.28. The van der Waals surface area contributed by atoms with Gasteiger partial charge in [0, 0.05) is 37.6 Å². The summed E-state index contributed by atoms with van der Waals surface area (Å²) in [6.45, 7) is 8.35. The highest BCUT2D eigenvalue weighted by atomic mass is 19.1. The SMILES string of the molecule is Cc1cc(Nc2cc(C)[nH]n2)nc(N2CCC3(CC2)CCN([C@@H](C)c2ccc(-n4cc(F)cn4)nc2)C3=O)c1. The number of piperidine rings is 1. The number of halogens is 1. The Kier molecular flexibility index (Phi) is 6.28. The van der Waals surface area contributed by atoms with Crippen molar-refractivity contribution in [2.75, 3.05) is 29.9 Å². The van der Waals surface area contributed by atoms with Crippen molar-refractivity contribution in [1.82, 2.24) is 34.8 Å². The smallest absolute Gasteiger partial charge is 0.229 e. The van der Waals surface area contributed by atoms with Crippen LogP contribution in [0.2, 0.25) is 0 Å². The zero-order valence-corrected chi connectivity index (χ0v) is 22.4. The van der Waals surface area contributed by atoms with Crippen molar-refractivity contribution in [3.63, 3.8) is 0 Å². The Morgan fingerprint density at radius 3 is 2.49 bits per heavy atom. The molecule has 0 aromatic carbocycles. The number of pyridine rings is 2. The molecule has 0 radical (unpaired) electrons. The first-order valence-corrected chi connectivity index (χ1v) is 13.3. The van der Waals surface area contributed by atoms with E-state index >= 15 is 0 Å². The summed E-state index contributed by atoms with van der Waals surface area (Å²) in [6, 6.07) is 9.69. The average molecular weight is 530 g/mol. The first kappa shape index (κ1) is 25.0. The van der Waals surface area contributed by atoms with Gasteiger partial charge in [0.15, 0.2) is 17.5 Å². The molecule has 202 valence electrons. The predicted molar refractivity (Wildman–Crippen MR) is 146 cm³/mol. The van der Waals surface area contributed by atoms with Crippen LogP contribution < -0.4 is 10.2 Å². The second-order valence-corrected chi connectivity index (χ2v) is 10.7. The Morgan fingerprint density at radius 2 is 1.82 bits per heavy atom. The molecule has 0 unspecified atom stereocenters. The lowest BCUT2D eigenvalue weighted by Crippen LogP contribution is -2.45. The van der Waals surface area contributed by atoms with Gasteiger partial charge in [-0.25, -0.2) is 19.0 Å². The van der Waals surface area contributed by atoms with Gasteiger partial charge in [-0.05, 0) is 69.4 Å². The molecule has 0 bridgehead atoms. The van der Waals surface area contributed by atoms with Gasteiger partial charge in [0.1, 0.15) is 11.6 Å². The number of nitrogens with zero attached hydrogens (tertiary/aromatic N) is 7. The molecule has 10 nitrogen and oxygen atoms in total. The number of rotatable bonds is 6.